The first kappa shape index (κ1) is 15.6. The number of aromatic nitrogens is 3. The Bertz CT molecular complexity index is 577. The Labute approximate surface area is 123 Å². The highest BCUT2D eigenvalue weighted by Crippen LogP contribution is 2.28. The maximum atomic E-state index is 13.1. The van der Waals surface area contributed by atoms with Gasteiger partial charge in [-0.1, -0.05) is 12.1 Å². The zero-order valence-electron chi connectivity index (χ0n) is 12.2. The van der Waals surface area contributed by atoms with Crippen molar-refractivity contribution in [2.24, 2.45) is 0 Å². The maximum absolute atomic E-state index is 13.1. The fourth-order valence-corrected chi connectivity index (χ4v) is 2.38. The van der Waals surface area contributed by atoms with E-state index in [0.717, 1.165) is 0 Å². The fraction of sp³-hybridized carbons (Fsp3) is 0.467. The smallest absolute Gasteiger partial charge is 0.138 e. The number of benzene rings is 1. The molecule has 0 unspecified atom stereocenters. The quantitative estimate of drug-likeness (QED) is 0.846. The van der Waals surface area contributed by atoms with Crippen molar-refractivity contribution >= 4 is 0 Å². The van der Waals surface area contributed by atoms with E-state index in [1.54, 1.807) is 16.8 Å². The van der Waals surface area contributed by atoms with Crippen LogP contribution in [0.25, 0.3) is 0 Å². The summed E-state index contributed by atoms with van der Waals surface area (Å²) >= 11 is 0. The van der Waals surface area contributed by atoms with Crippen LogP contribution in [0.2, 0.25) is 0 Å². The van der Waals surface area contributed by atoms with Gasteiger partial charge in [0.15, 0.2) is 0 Å². The van der Waals surface area contributed by atoms with Gasteiger partial charge in [0, 0.05) is 17.9 Å². The molecule has 0 bridgehead atoms. The monoisotopic (exact) mass is 293 g/mol. The number of nitrogens with zero attached hydrogens (tertiary/aromatic N) is 3. The fourth-order valence-electron chi connectivity index (χ4n) is 2.38. The lowest BCUT2D eigenvalue weighted by atomic mass is 9.78. The van der Waals surface area contributed by atoms with E-state index in [-0.39, 0.29) is 25.1 Å². The summed E-state index contributed by atoms with van der Waals surface area (Å²) in [6, 6.07) is 5.94. The minimum absolute atomic E-state index is 0.130. The second kappa shape index (κ2) is 6.32. The Kier molecular flexibility index (Phi) is 4.69. The number of halogens is 1. The summed E-state index contributed by atoms with van der Waals surface area (Å²) in [4.78, 5) is 4.22. The van der Waals surface area contributed by atoms with Gasteiger partial charge in [0.1, 0.15) is 18.0 Å². The van der Waals surface area contributed by atoms with Crippen LogP contribution in [0, 0.1) is 5.82 Å². The third kappa shape index (κ3) is 3.11. The molecule has 2 rings (SSSR count). The van der Waals surface area contributed by atoms with Gasteiger partial charge in [-0.3, -0.25) is 0 Å². The van der Waals surface area contributed by atoms with Crippen molar-refractivity contribution in [3.05, 3.63) is 47.8 Å². The molecule has 1 aromatic carbocycles. The summed E-state index contributed by atoms with van der Waals surface area (Å²) in [6.07, 6.45) is 1.78. The van der Waals surface area contributed by atoms with Crippen molar-refractivity contribution in [3.8, 4) is 0 Å². The van der Waals surface area contributed by atoms with E-state index in [4.69, 9.17) is 0 Å². The summed E-state index contributed by atoms with van der Waals surface area (Å²) < 4.78 is 14.8. The molecule has 1 heterocycles. The van der Waals surface area contributed by atoms with Crippen molar-refractivity contribution in [2.45, 2.75) is 31.7 Å². The van der Waals surface area contributed by atoms with Crippen molar-refractivity contribution < 1.29 is 14.6 Å². The molecule has 2 N–H and O–H groups in total. The molecule has 0 spiro atoms. The molecule has 0 aliphatic carbocycles. The molecule has 6 heteroatoms. The standard InChI is InChI=1S/C15H20FN3O2/c1-11(2)19-14(17-10-18-19)7-15(8-20,9-21)12-3-5-13(16)6-4-12/h3-6,10-11,20-21H,7-9H2,1-2H3. The van der Waals surface area contributed by atoms with Crippen molar-refractivity contribution in [3.63, 3.8) is 0 Å². The van der Waals surface area contributed by atoms with E-state index in [9.17, 15) is 14.6 Å². The normalized spacial score (nSPS) is 12.1. The molecule has 21 heavy (non-hydrogen) atoms. The van der Waals surface area contributed by atoms with E-state index in [1.165, 1.54) is 18.5 Å². The van der Waals surface area contributed by atoms with Gasteiger partial charge in [-0.05, 0) is 31.5 Å². The molecule has 0 fully saturated rings. The molecule has 5 nitrogen and oxygen atoms in total. The van der Waals surface area contributed by atoms with Crippen LogP contribution in [0.4, 0.5) is 4.39 Å². The van der Waals surface area contributed by atoms with E-state index in [2.05, 4.69) is 10.1 Å². The number of rotatable bonds is 6. The van der Waals surface area contributed by atoms with Crippen molar-refractivity contribution in [1.82, 2.24) is 14.8 Å². The van der Waals surface area contributed by atoms with Gasteiger partial charge in [-0.15, -0.1) is 0 Å². The molecular formula is C15H20FN3O2. The molecule has 0 saturated carbocycles. The van der Waals surface area contributed by atoms with Crippen molar-refractivity contribution in [1.29, 1.82) is 0 Å². The average molecular weight is 293 g/mol. The van der Waals surface area contributed by atoms with Gasteiger partial charge in [0.2, 0.25) is 0 Å². The molecule has 0 aliphatic rings. The summed E-state index contributed by atoms with van der Waals surface area (Å²) in [6.45, 7) is 3.44. The van der Waals surface area contributed by atoms with Crippen LogP contribution in [-0.4, -0.2) is 38.2 Å². The molecule has 114 valence electrons. The van der Waals surface area contributed by atoms with E-state index in [1.807, 2.05) is 13.8 Å². The lowest BCUT2D eigenvalue weighted by Crippen LogP contribution is -2.38. The molecule has 0 amide bonds. The van der Waals surface area contributed by atoms with Crippen LogP contribution in [0.1, 0.15) is 31.3 Å². The van der Waals surface area contributed by atoms with Crippen LogP contribution in [-0.2, 0) is 11.8 Å². The van der Waals surface area contributed by atoms with Gasteiger partial charge >= 0.3 is 0 Å². The summed E-state index contributed by atoms with van der Waals surface area (Å²) in [5.74, 6) is 0.325. The van der Waals surface area contributed by atoms with Gasteiger partial charge in [-0.2, -0.15) is 5.10 Å². The Balaban J connectivity index is 2.38. The topological polar surface area (TPSA) is 71.2 Å². The molecule has 0 atom stereocenters. The number of hydrogen-bond donors (Lipinski definition) is 2. The average Bonchev–Trinajstić information content (AvgIpc) is 2.94. The Morgan fingerprint density at radius 2 is 1.81 bits per heavy atom. The number of aliphatic hydroxyl groups is 2. The predicted octanol–water partition coefficient (Wildman–Crippen LogP) is 1.46. The number of aliphatic hydroxyl groups excluding tert-OH is 2. The third-order valence-corrected chi connectivity index (χ3v) is 3.69. The zero-order valence-corrected chi connectivity index (χ0v) is 12.2. The lowest BCUT2D eigenvalue weighted by Gasteiger charge is -2.30. The second-order valence-corrected chi connectivity index (χ2v) is 5.49. The molecule has 2 aromatic rings. The third-order valence-electron chi connectivity index (χ3n) is 3.69. The van der Waals surface area contributed by atoms with E-state index < -0.39 is 5.41 Å². The summed E-state index contributed by atoms with van der Waals surface area (Å²) in [7, 11) is 0. The largest absolute Gasteiger partial charge is 0.395 e. The minimum Gasteiger partial charge on any atom is -0.395 e. The summed E-state index contributed by atoms with van der Waals surface area (Å²) in [5.41, 5.74) is -0.236. The highest BCUT2D eigenvalue weighted by atomic mass is 19.1. The van der Waals surface area contributed by atoms with Gasteiger partial charge in [0.05, 0.1) is 13.2 Å². The van der Waals surface area contributed by atoms with Crippen LogP contribution in [0.5, 0.6) is 0 Å². The highest BCUT2D eigenvalue weighted by molar-refractivity contribution is 5.28. The predicted molar refractivity (Wildman–Crippen MR) is 76.4 cm³/mol. The van der Waals surface area contributed by atoms with E-state index >= 15 is 0 Å². The van der Waals surface area contributed by atoms with Crippen LogP contribution in [0.3, 0.4) is 0 Å². The molecular weight excluding hydrogens is 273 g/mol. The van der Waals surface area contributed by atoms with Crippen LogP contribution in [0.15, 0.2) is 30.6 Å². The van der Waals surface area contributed by atoms with Crippen LogP contribution < -0.4 is 0 Å². The highest BCUT2D eigenvalue weighted by Gasteiger charge is 2.33. The first-order valence-corrected chi connectivity index (χ1v) is 6.88. The molecule has 0 radical (unpaired) electrons. The SMILES string of the molecule is CC(C)n1ncnc1CC(CO)(CO)c1ccc(F)cc1. The molecule has 1 aromatic heterocycles. The molecule has 0 saturated heterocycles. The number of hydrogen-bond acceptors (Lipinski definition) is 4. The lowest BCUT2D eigenvalue weighted by molar-refractivity contribution is 0.113. The maximum Gasteiger partial charge on any atom is 0.138 e. The Hall–Kier alpha value is -1.79. The van der Waals surface area contributed by atoms with E-state index in [0.29, 0.717) is 17.8 Å². The zero-order chi connectivity index (χ0) is 15.5. The minimum atomic E-state index is -0.909. The van der Waals surface area contributed by atoms with Gasteiger partial charge < -0.3 is 10.2 Å². The Morgan fingerprint density at radius 1 is 1.19 bits per heavy atom. The first-order valence-electron chi connectivity index (χ1n) is 6.88. The Morgan fingerprint density at radius 3 is 2.33 bits per heavy atom. The second-order valence-electron chi connectivity index (χ2n) is 5.49. The van der Waals surface area contributed by atoms with Gasteiger partial charge in [0.25, 0.3) is 0 Å². The molecule has 0 aliphatic heterocycles. The summed E-state index contributed by atoms with van der Waals surface area (Å²) in [5, 5.41) is 23.8. The van der Waals surface area contributed by atoms with Crippen molar-refractivity contribution in [2.75, 3.05) is 13.2 Å². The van der Waals surface area contributed by atoms with Crippen LogP contribution >= 0.6 is 0 Å². The van der Waals surface area contributed by atoms with Gasteiger partial charge in [-0.25, -0.2) is 14.1 Å². The first-order chi connectivity index (χ1) is 10.0.